The molecule has 0 saturated carbocycles. The molecule has 0 atom stereocenters. The van der Waals surface area contributed by atoms with Gasteiger partial charge in [0.1, 0.15) is 13.7 Å². The molecule has 0 heterocycles. The Bertz CT molecular complexity index is 233. The van der Waals surface area contributed by atoms with Gasteiger partial charge in [0.05, 0.1) is 0 Å². The Hall–Kier alpha value is -0.785. The Morgan fingerprint density at radius 3 is 2.70 bits per heavy atom. The Balaban J connectivity index is 3.04. The molecule has 0 radical (unpaired) electrons. The summed E-state index contributed by atoms with van der Waals surface area (Å²) in [5.41, 5.74) is 1.93. The van der Waals surface area contributed by atoms with Crippen LogP contribution in [0.25, 0.3) is 0 Å². The van der Waals surface area contributed by atoms with E-state index >= 15 is 0 Å². The van der Waals surface area contributed by atoms with Crippen molar-refractivity contribution in [1.29, 1.82) is 0 Å². The standard InChI is InChI=1S/C8H10BF/c1-2-6-3-4-8(10)7(9)5-6/h3-5H,2,9H2,1H3. The van der Waals surface area contributed by atoms with E-state index in [0.717, 1.165) is 11.9 Å². The third-order valence-electron chi connectivity index (χ3n) is 1.63. The number of halogens is 1. The lowest BCUT2D eigenvalue weighted by molar-refractivity contribution is 0.635. The molecule has 0 bridgehead atoms. The molecule has 0 amide bonds. The van der Waals surface area contributed by atoms with Crippen molar-refractivity contribution in [3.63, 3.8) is 0 Å². The molecule has 0 fully saturated rings. The van der Waals surface area contributed by atoms with Gasteiger partial charge in [-0.3, -0.25) is 0 Å². The lowest BCUT2D eigenvalue weighted by atomic mass is 9.93. The van der Waals surface area contributed by atoms with E-state index in [2.05, 4.69) is 6.92 Å². The first-order valence-corrected chi connectivity index (χ1v) is 3.49. The van der Waals surface area contributed by atoms with Crippen molar-refractivity contribution in [2.75, 3.05) is 0 Å². The third-order valence-corrected chi connectivity index (χ3v) is 1.63. The minimum atomic E-state index is -0.114. The molecular weight excluding hydrogens is 126 g/mol. The van der Waals surface area contributed by atoms with E-state index in [9.17, 15) is 4.39 Å². The summed E-state index contributed by atoms with van der Waals surface area (Å²) in [5.74, 6) is -0.114. The average Bonchev–Trinajstić information content (AvgIpc) is 1.95. The van der Waals surface area contributed by atoms with Gasteiger partial charge in [0.2, 0.25) is 0 Å². The zero-order chi connectivity index (χ0) is 7.56. The van der Waals surface area contributed by atoms with Gasteiger partial charge < -0.3 is 0 Å². The Morgan fingerprint density at radius 2 is 2.20 bits per heavy atom. The number of aryl methyl sites for hydroxylation is 1. The minimum absolute atomic E-state index is 0.114. The fourth-order valence-corrected chi connectivity index (χ4v) is 0.927. The van der Waals surface area contributed by atoms with Crippen LogP contribution in [0.4, 0.5) is 4.39 Å². The normalized spacial score (nSPS) is 9.80. The van der Waals surface area contributed by atoms with Gasteiger partial charge in [0.15, 0.2) is 0 Å². The quantitative estimate of drug-likeness (QED) is 0.497. The second-order valence-corrected chi connectivity index (χ2v) is 2.44. The van der Waals surface area contributed by atoms with Crippen molar-refractivity contribution < 1.29 is 4.39 Å². The summed E-state index contributed by atoms with van der Waals surface area (Å²) in [6, 6.07) is 5.23. The van der Waals surface area contributed by atoms with E-state index in [-0.39, 0.29) is 5.82 Å². The van der Waals surface area contributed by atoms with Crippen LogP contribution in [0.2, 0.25) is 0 Å². The van der Waals surface area contributed by atoms with Gasteiger partial charge >= 0.3 is 0 Å². The first-order chi connectivity index (χ1) is 4.74. The van der Waals surface area contributed by atoms with E-state index in [0.29, 0.717) is 0 Å². The molecular formula is C8H10BF. The van der Waals surface area contributed by atoms with Gasteiger partial charge in [0, 0.05) is 0 Å². The molecule has 2 heteroatoms. The van der Waals surface area contributed by atoms with E-state index in [1.807, 2.05) is 12.1 Å². The van der Waals surface area contributed by atoms with Crippen LogP contribution < -0.4 is 5.46 Å². The predicted octanol–water partition coefficient (Wildman–Crippen LogP) is 0.647. The molecule has 0 saturated heterocycles. The molecule has 1 aromatic rings. The predicted molar refractivity (Wildman–Crippen MR) is 44.0 cm³/mol. The van der Waals surface area contributed by atoms with Crippen molar-refractivity contribution >= 4 is 13.3 Å². The fraction of sp³-hybridized carbons (Fsp3) is 0.250. The summed E-state index contributed by atoms with van der Waals surface area (Å²) in [5, 5.41) is 0. The van der Waals surface area contributed by atoms with Gasteiger partial charge in [-0.05, 0) is 18.1 Å². The molecule has 10 heavy (non-hydrogen) atoms. The molecule has 52 valence electrons. The van der Waals surface area contributed by atoms with Gasteiger partial charge in [-0.15, -0.1) is 0 Å². The van der Waals surface area contributed by atoms with Crippen LogP contribution in [-0.2, 0) is 6.42 Å². The third kappa shape index (κ3) is 1.38. The Labute approximate surface area is 61.5 Å². The Kier molecular flexibility index (Phi) is 2.10. The topological polar surface area (TPSA) is 0 Å². The minimum Gasteiger partial charge on any atom is -0.208 e. The van der Waals surface area contributed by atoms with Gasteiger partial charge in [0.25, 0.3) is 0 Å². The summed E-state index contributed by atoms with van der Waals surface area (Å²) < 4.78 is 12.6. The van der Waals surface area contributed by atoms with Crippen LogP contribution in [0.5, 0.6) is 0 Å². The number of hydrogen-bond donors (Lipinski definition) is 0. The number of benzene rings is 1. The Morgan fingerprint density at radius 1 is 1.50 bits per heavy atom. The molecule has 0 aliphatic rings. The van der Waals surface area contributed by atoms with E-state index in [1.54, 1.807) is 7.85 Å². The highest BCUT2D eigenvalue weighted by molar-refractivity contribution is 6.32. The molecule has 1 aromatic carbocycles. The van der Waals surface area contributed by atoms with Crippen LogP contribution in [0.15, 0.2) is 18.2 Å². The molecule has 0 N–H and O–H groups in total. The summed E-state index contributed by atoms with van der Waals surface area (Å²) >= 11 is 0. The number of hydrogen-bond acceptors (Lipinski definition) is 0. The zero-order valence-corrected chi connectivity index (χ0v) is 6.32. The van der Waals surface area contributed by atoms with Crippen molar-refractivity contribution in [3.05, 3.63) is 29.6 Å². The maximum absolute atomic E-state index is 12.6. The molecule has 0 unspecified atom stereocenters. The highest BCUT2D eigenvalue weighted by Gasteiger charge is 1.95. The maximum atomic E-state index is 12.6. The summed E-state index contributed by atoms with van der Waals surface area (Å²) in [7, 11) is 1.79. The van der Waals surface area contributed by atoms with Crippen LogP contribution in [-0.4, -0.2) is 7.85 Å². The summed E-state index contributed by atoms with van der Waals surface area (Å²) in [4.78, 5) is 0. The largest absolute Gasteiger partial charge is 0.208 e. The fourth-order valence-electron chi connectivity index (χ4n) is 0.927. The van der Waals surface area contributed by atoms with Crippen molar-refractivity contribution in [2.45, 2.75) is 13.3 Å². The molecule has 0 aromatic heterocycles. The van der Waals surface area contributed by atoms with Crippen molar-refractivity contribution in [2.24, 2.45) is 0 Å². The lowest BCUT2D eigenvalue weighted by Crippen LogP contribution is -2.08. The monoisotopic (exact) mass is 136 g/mol. The van der Waals surface area contributed by atoms with Gasteiger partial charge in [-0.1, -0.05) is 24.5 Å². The molecule has 1 rings (SSSR count). The van der Waals surface area contributed by atoms with Crippen LogP contribution >= 0.6 is 0 Å². The molecule has 0 nitrogen and oxygen atoms in total. The SMILES string of the molecule is Bc1cc(CC)ccc1F. The van der Waals surface area contributed by atoms with Gasteiger partial charge in [-0.25, -0.2) is 4.39 Å². The number of rotatable bonds is 1. The molecule has 0 aliphatic heterocycles. The molecule has 0 spiro atoms. The highest BCUT2D eigenvalue weighted by Crippen LogP contribution is 1.99. The van der Waals surface area contributed by atoms with E-state index < -0.39 is 0 Å². The highest BCUT2D eigenvalue weighted by atomic mass is 19.1. The second kappa shape index (κ2) is 2.87. The van der Waals surface area contributed by atoms with E-state index in [4.69, 9.17) is 0 Å². The average molecular weight is 136 g/mol. The van der Waals surface area contributed by atoms with Crippen LogP contribution in [0.1, 0.15) is 12.5 Å². The van der Waals surface area contributed by atoms with Gasteiger partial charge in [-0.2, -0.15) is 0 Å². The van der Waals surface area contributed by atoms with Crippen LogP contribution in [0, 0.1) is 5.82 Å². The van der Waals surface area contributed by atoms with Crippen molar-refractivity contribution in [3.8, 4) is 0 Å². The zero-order valence-electron chi connectivity index (χ0n) is 6.32. The summed E-state index contributed by atoms with van der Waals surface area (Å²) in [6.45, 7) is 2.06. The van der Waals surface area contributed by atoms with E-state index in [1.165, 1.54) is 11.6 Å². The maximum Gasteiger partial charge on any atom is 0.143 e. The molecule has 0 aliphatic carbocycles. The first kappa shape index (κ1) is 7.32. The van der Waals surface area contributed by atoms with Crippen LogP contribution in [0.3, 0.4) is 0 Å². The first-order valence-electron chi connectivity index (χ1n) is 3.49. The second-order valence-electron chi connectivity index (χ2n) is 2.44. The smallest absolute Gasteiger partial charge is 0.143 e. The summed E-state index contributed by atoms with van der Waals surface area (Å²) in [6.07, 6.45) is 0.973. The lowest BCUT2D eigenvalue weighted by Gasteiger charge is -1.98. The van der Waals surface area contributed by atoms with Crippen molar-refractivity contribution in [1.82, 2.24) is 0 Å².